The monoisotopic (exact) mass is 226 g/mol. The molecule has 0 aromatic rings. The van der Waals surface area contributed by atoms with Gasteiger partial charge in [0.2, 0.25) is 0 Å². The number of rotatable bonds is 7. The Morgan fingerprint density at radius 1 is 1.06 bits per heavy atom. The van der Waals surface area contributed by atoms with Crippen LogP contribution in [-0.4, -0.2) is 36.1 Å². The molecule has 0 atom stereocenters. The lowest BCUT2D eigenvalue weighted by Gasteiger charge is -2.30. The van der Waals surface area contributed by atoms with Gasteiger partial charge in [-0.2, -0.15) is 0 Å². The Labute approximate surface area is 102 Å². The molecule has 0 radical (unpaired) electrons. The molecule has 1 rings (SSSR count). The van der Waals surface area contributed by atoms with Gasteiger partial charge in [0, 0.05) is 18.1 Å². The average molecular weight is 226 g/mol. The van der Waals surface area contributed by atoms with Crippen molar-refractivity contribution in [2.45, 2.75) is 77.9 Å². The third kappa shape index (κ3) is 4.84. The molecule has 0 spiro atoms. The Morgan fingerprint density at radius 2 is 1.62 bits per heavy atom. The minimum Gasteiger partial charge on any atom is -0.314 e. The number of nitrogens with zero attached hydrogens (tertiary/aromatic N) is 1. The maximum atomic E-state index is 3.69. The number of nitrogens with one attached hydrogen (secondary N) is 1. The molecule has 0 saturated heterocycles. The van der Waals surface area contributed by atoms with Gasteiger partial charge in [-0.15, -0.1) is 0 Å². The zero-order valence-electron chi connectivity index (χ0n) is 11.6. The molecule has 0 amide bonds. The second-order valence-electron chi connectivity index (χ2n) is 5.71. The summed E-state index contributed by atoms with van der Waals surface area (Å²) in [5.74, 6) is 0. The zero-order chi connectivity index (χ0) is 12.0. The molecule has 0 unspecified atom stereocenters. The van der Waals surface area contributed by atoms with Crippen molar-refractivity contribution < 1.29 is 0 Å². The fraction of sp³-hybridized carbons (Fsp3) is 1.00. The van der Waals surface area contributed by atoms with Crippen molar-refractivity contribution in [2.75, 3.05) is 13.1 Å². The van der Waals surface area contributed by atoms with Crippen molar-refractivity contribution in [1.29, 1.82) is 0 Å². The second-order valence-corrected chi connectivity index (χ2v) is 5.71. The highest BCUT2D eigenvalue weighted by Crippen LogP contribution is 2.17. The third-order valence-corrected chi connectivity index (χ3v) is 3.71. The second kappa shape index (κ2) is 7.29. The van der Waals surface area contributed by atoms with Gasteiger partial charge in [-0.05, 0) is 60.0 Å². The first-order valence-electron chi connectivity index (χ1n) is 7.10. The molecule has 1 fully saturated rings. The fourth-order valence-corrected chi connectivity index (χ4v) is 2.81. The van der Waals surface area contributed by atoms with Crippen LogP contribution in [0.25, 0.3) is 0 Å². The van der Waals surface area contributed by atoms with Crippen LogP contribution in [0.4, 0.5) is 0 Å². The fourth-order valence-electron chi connectivity index (χ4n) is 2.81. The molecular formula is C14H30N2. The van der Waals surface area contributed by atoms with Crippen molar-refractivity contribution in [3.8, 4) is 0 Å². The summed E-state index contributed by atoms with van der Waals surface area (Å²) < 4.78 is 0. The Morgan fingerprint density at radius 3 is 2.12 bits per heavy atom. The van der Waals surface area contributed by atoms with E-state index < -0.39 is 0 Å². The van der Waals surface area contributed by atoms with Crippen molar-refractivity contribution in [2.24, 2.45) is 0 Å². The molecule has 1 saturated carbocycles. The van der Waals surface area contributed by atoms with Gasteiger partial charge < -0.3 is 5.32 Å². The lowest BCUT2D eigenvalue weighted by Crippen LogP contribution is -2.39. The first-order chi connectivity index (χ1) is 7.61. The van der Waals surface area contributed by atoms with Gasteiger partial charge in [0.25, 0.3) is 0 Å². The average Bonchev–Trinajstić information content (AvgIpc) is 2.68. The molecule has 16 heavy (non-hydrogen) atoms. The predicted octanol–water partition coefficient (Wildman–Crippen LogP) is 3.03. The Bertz CT molecular complexity index is 164. The molecule has 96 valence electrons. The molecule has 1 N–H and O–H groups in total. The summed E-state index contributed by atoms with van der Waals surface area (Å²) in [5.41, 5.74) is 0. The number of hydrogen-bond acceptors (Lipinski definition) is 2. The Kier molecular flexibility index (Phi) is 6.37. The quantitative estimate of drug-likeness (QED) is 0.671. The Hall–Kier alpha value is -0.0800. The SMILES string of the molecule is CC(C)N(CCCNC1CCCC1)C(C)C. The standard InChI is InChI=1S/C14H30N2/c1-12(2)16(13(3)4)11-7-10-15-14-8-5-6-9-14/h12-15H,5-11H2,1-4H3. The summed E-state index contributed by atoms with van der Waals surface area (Å²) >= 11 is 0. The van der Waals surface area contributed by atoms with Crippen LogP contribution in [0.1, 0.15) is 59.8 Å². The minimum absolute atomic E-state index is 0.673. The highest BCUT2D eigenvalue weighted by atomic mass is 15.2. The largest absolute Gasteiger partial charge is 0.314 e. The van der Waals surface area contributed by atoms with Crippen LogP contribution in [0.15, 0.2) is 0 Å². The molecule has 1 aliphatic rings. The molecule has 2 nitrogen and oxygen atoms in total. The van der Waals surface area contributed by atoms with Gasteiger partial charge in [0.1, 0.15) is 0 Å². The van der Waals surface area contributed by atoms with Crippen molar-refractivity contribution in [1.82, 2.24) is 10.2 Å². The molecule has 0 aromatic carbocycles. The summed E-state index contributed by atoms with van der Waals surface area (Å²) in [5, 5.41) is 3.69. The molecule has 0 heterocycles. The van der Waals surface area contributed by atoms with E-state index in [0.717, 1.165) is 6.04 Å². The molecule has 0 bridgehead atoms. The van der Waals surface area contributed by atoms with Crippen LogP contribution in [-0.2, 0) is 0 Å². The van der Waals surface area contributed by atoms with Gasteiger partial charge in [0.15, 0.2) is 0 Å². The van der Waals surface area contributed by atoms with Gasteiger partial charge in [-0.25, -0.2) is 0 Å². The highest BCUT2D eigenvalue weighted by molar-refractivity contribution is 4.74. The van der Waals surface area contributed by atoms with Crippen molar-refractivity contribution in [3.63, 3.8) is 0 Å². The summed E-state index contributed by atoms with van der Waals surface area (Å²) in [6.45, 7) is 11.6. The van der Waals surface area contributed by atoms with Crippen LogP contribution >= 0.6 is 0 Å². The zero-order valence-corrected chi connectivity index (χ0v) is 11.6. The van der Waals surface area contributed by atoms with Gasteiger partial charge >= 0.3 is 0 Å². The first kappa shape index (κ1) is 14.0. The van der Waals surface area contributed by atoms with E-state index in [9.17, 15) is 0 Å². The van der Waals surface area contributed by atoms with Crippen LogP contribution in [0.2, 0.25) is 0 Å². The summed E-state index contributed by atoms with van der Waals surface area (Å²) in [6.07, 6.45) is 6.95. The predicted molar refractivity (Wildman–Crippen MR) is 71.9 cm³/mol. The van der Waals surface area contributed by atoms with E-state index in [4.69, 9.17) is 0 Å². The summed E-state index contributed by atoms with van der Waals surface area (Å²) in [7, 11) is 0. The Balaban J connectivity index is 2.08. The van der Waals surface area contributed by atoms with Crippen LogP contribution < -0.4 is 5.32 Å². The van der Waals surface area contributed by atoms with Gasteiger partial charge in [0.05, 0.1) is 0 Å². The van der Waals surface area contributed by atoms with Crippen LogP contribution in [0.3, 0.4) is 0 Å². The first-order valence-corrected chi connectivity index (χ1v) is 7.10. The summed E-state index contributed by atoms with van der Waals surface area (Å²) in [6, 6.07) is 2.17. The van der Waals surface area contributed by atoms with E-state index in [1.807, 2.05) is 0 Å². The van der Waals surface area contributed by atoms with Gasteiger partial charge in [-0.3, -0.25) is 4.90 Å². The molecule has 1 aliphatic carbocycles. The smallest absolute Gasteiger partial charge is 0.00670 e. The molecule has 0 aliphatic heterocycles. The van der Waals surface area contributed by atoms with E-state index in [-0.39, 0.29) is 0 Å². The lowest BCUT2D eigenvalue weighted by molar-refractivity contribution is 0.172. The molecule has 0 aromatic heterocycles. The van der Waals surface area contributed by atoms with Gasteiger partial charge in [-0.1, -0.05) is 12.8 Å². The van der Waals surface area contributed by atoms with Crippen LogP contribution in [0, 0.1) is 0 Å². The van der Waals surface area contributed by atoms with E-state index in [1.54, 1.807) is 0 Å². The maximum absolute atomic E-state index is 3.69. The van der Waals surface area contributed by atoms with Crippen molar-refractivity contribution in [3.05, 3.63) is 0 Å². The highest BCUT2D eigenvalue weighted by Gasteiger charge is 2.15. The third-order valence-electron chi connectivity index (χ3n) is 3.71. The van der Waals surface area contributed by atoms with Crippen molar-refractivity contribution >= 4 is 0 Å². The van der Waals surface area contributed by atoms with Crippen LogP contribution in [0.5, 0.6) is 0 Å². The van der Waals surface area contributed by atoms with E-state index in [2.05, 4.69) is 37.9 Å². The number of hydrogen-bond donors (Lipinski definition) is 1. The normalized spacial score (nSPS) is 18.2. The minimum atomic E-state index is 0.673. The molecule has 2 heteroatoms. The molecular weight excluding hydrogens is 196 g/mol. The van der Waals surface area contributed by atoms with E-state index in [0.29, 0.717) is 12.1 Å². The maximum Gasteiger partial charge on any atom is 0.00670 e. The van der Waals surface area contributed by atoms with E-state index in [1.165, 1.54) is 45.2 Å². The van der Waals surface area contributed by atoms with E-state index >= 15 is 0 Å². The lowest BCUT2D eigenvalue weighted by atomic mass is 10.2. The summed E-state index contributed by atoms with van der Waals surface area (Å²) in [4.78, 5) is 2.58. The topological polar surface area (TPSA) is 15.3 Å².